The van der Waals surface area contributed by atoms with Crippen molar-refractivity contribution >= 4 is 0 Å². The Morgan fingerprint density at radius 3 is 2.70 bits per heavy atom. The van der Waals surface area contributed by atoms with E-state index in [1.807, 2.05) is 12.1 Å². The zero-order valence-corrected chi connectivity index (χ0v) is 13.7. The van der Waals surface area contributed by atoms with Crippen molar-refractivity contribution in [2.75, 3.05) is 26.4 Å². The zero-order valence-electron chi connectivity index (χ0n) is 13.7. The highest BCUT2D eigenvalue weighted by atomic mass is 16.5. The largest absolute Gasteiger partial charge is 0.460 e. The molecule has 1 aromatic heterocycles. The standard InChI is InChI=1S/C19H25NO3/c1-15-2-4-16(5-3-15)18-7-6-17(23-18)12-20-13-19(8-10-21)9-11-22-14-19/h2-7,20-21H,8-14H2,1H3. The summed E-state index contributed by atoms with van der Waals surface area (Å²) < 4.78 is 11.4. The van der Waals surface area contributed by atoms with E-state index in [9.17, 15) is 5.11 Å². The Morgan fingerprint density at radius 1 is 1.17 bits per heavy atom. The van der Waals surface area contributed by atoms with Crippen LogP contribution < -0.4 is 5.32 Å². The van der Waals surface area contributed by atoms with Crippen LogP contribution in [0.2, 0.25) is 0 Å². The average Bonchev–Trinajstić information content (AvgIpc) is 3.19. The van der Waals surface area contributed by atoms with Gasteiger partial charge in [0.15, 0.2) is 0 Å². The van der Waals surface area contributed by atoms with Crippen molar-refractivity contribution < 1.29 is 14.3 Å². The van der Waals surface area contributed by atoms with Crippen molar-refractivity contribution in [1.82, 2.24) is 5.32 Å². The van der Waals surface area contributed by atoms with Crippen molar-refractivity contribution in [2.24, 2.45) is 5.41 Å². The molecular formula is C19H25NO3. The molecule has 1 aliphatic rings. The van der Waals surface area contributed by atoms with E-state index in [1.54, 1.807) is 0 Å². The topological polar surface area (TPSA) is 54.6 Å². The minimum atomic E-state index is 0.0706. The van der Waals surface area contributed by atoms with Crippen molar-refractivity contribution in [2.45, 2.75) is 26.3 Å². The lowest BCUT2D eigenvalue weighted by Gasteiger charge is -2.26. The Hall–Kier alpha value is -1.62. The molecule has 2 aromatic rings. The number of hydrogen-bond acceptors (Lipinski definition) is 4. The Labute approximate surface area is 137 Å². The molecule has 2 N–H and O–H groups in total. The van der Waals surface area contributed by atoms with Crippen LogP contribution in [-0.4, -0.2) is 31.5 Å². The summed E-state index contributed by atoms with van der Waals surface area (Å²) in [6.45, 7) is 5.35. The van der Waals surface area contributed by atoms with Gasteiger partial charge in [-0.1, -0.05) is 29.8 Å². The fourth-order valence-electron chi connectivity index (χ4n) is 3.11. The number of furan rings is 1. The zero-order chi connectivity index (χ0) is 16.1. The summed E-state index contributed by atoms with van der Waals surface area (Å²) in [5, 5.41) is 12.7. The van der Waals surface area contributed by atoms with Crippen LogP contribution in [0.5, 0.6) is 0 Å². The molecule has 0 amide bonds. The molecule has 0 saturated carbocycles. The maximum atomic E-state index is 9.26. The maximum Gasteiger partial charge on any atom is 0.134 e. The van der Waals surface area contributed by atoms with Crippen LogP contribution in [-0.2, 0) is 11.3 Å². The van der Waals surface area contributed by atoms with Gasteiger partial charge >= 0.3 is 0 Å². The van der Waals surface area contributed by atoms with Crippen LogP contribution in [0, 0.1) is 12.3 Å². The summed E-state index contributed by atoms with van der Waals surface area (Å²) >= 11 is 0. The van der Waals surface area contributed by atoms with Gasteiger partial charge in [0.2, 0.25) is 0 Å². The Kier molecular flexibility index (Phi) is 5.16. The highest BCUT2D eigenvalue weighted by molar-refractivity contribution is 5.57. The number of aliphatic hydroxyl groups is 1. The van der Waals surface area contributed by atoms with E-state index in [0.29, 0.717) is 6.54 Å². The summed E-state index contributed by atoms with van der Waals surface area (Å²) in [6, 6.07) is 12.4. The highest BCUT2D eigenvalue weighted by Gasteiger charge is 2.33. The summed E-state index contributed by atoms with van der Waals surface area (Å²) in [4.78, 5) is 0. The van der Waals surface area contributed by atoms with Crippen molar-refractivity contribution in [3.63, 3.8) is 0 Å². The number of aryl methyl sites for hydroxylation is 1. The fourth-order valence-corrected chi connectivity index (χ4v) is 3.11. The summed E-state index contributed by atoms with van der Waals surface area (Å²) in [7, 11) is 0. The first kappa shape index (κ1) is 16.2. The lowest BCUT2D eigenvalue weighted by molar-refractivity contribution is 0.124. The summed E-state index contributed by atoms with van der Waals surface area (Å²) in [5.74, 6) is 1.83. The molecule has 1 aliphatic heterocycles. The normalized spacial score (nSPS) is 21.0. The van der Waals surface area contributed by atoms with E-state index in [0.717, 1.165) is 49.7 Å². The lowest BCUT2D eigenvalue weighted by atomic mass is 9.84. The molecule has 0 spiro atoms. The molecule has 0 radical (unpaired) electrons. The number of rotatable bonds is 7. The molecule has 124 valence electrons. The van der Waals surface area contributed by atoms with Gasteiger partial charge in [-0.3, -0.25) is 0 Å². The number of nitrogens with one attached hydrogen (secondary N) is 1. The second kappa shape index (κ2) is 7.30. The van der Waals surface area contributed by atoms with E-state index >= 15 is 0 Å². The minimum absolute atomic E-state index is 0.0706. The quantitative estimate of drug-likeness (QED) is 0.824. The monoisotopic (exact) mass is 315 g/mol. The molecule has 4 heteroatoms. The molecule has 0 bridgehead atoms. The van der Waals surface area contributed by atoms with E-state index < -0.39 is 0 Å². The lowest BCUT2D eigenvalue weighted by Crippen LogP contribution is -2.35. The molecule has 1 saturated heterocycles. The average molecular weight is 315 g/mol. The molecular weight excluding hydrogens is 290 g/mol. The summed E-state index contributed by atoms with van der Waals surface area (Å²) in [5.41, 5.74) is 2.42. The molecule has 23 heavy (non-hydrogen) atoms. The number of ether oxygens (including phenoxy) is 1. The second-order valence-corrected chi connectivity index (χ2v) is 6.51. The molecule has 1 unspecified atom stereocenters. The number of benzene rings is 1. The Morgan fingerprint density at radius 2 is 2.00 bits per heavy atom. The predicted molar refractivity (Wildman–Crippen MR) is 90.2 cm³/mol. The van der Waals surface area contributed by atoms with Gasteiger partial charge in [-0.05, 0) is 31.9 Å². The van der Waals surface area contributed by atoms with Crippen LogP contribution >= 0.6 is 0 Å². The molecule has 0 aliphatic carbocycles. The second-order valence-electron chi connectivity index (χ2n) is 6.51. The van der Waals surface area contributed by atoms with Crippen molar-refractivity contribution in [1.29, 1.82) is 0 Å². The smallest absolute Gasteiger partial charge is 0.134 e. The molecule has 1 fully saturated rings. The van der Waals surface area contributed by atoms with Crippen LogP contribution in [0.4, 0.5) is 0 Å². The highest BCUT2D eigenvalue weighted by Crippen LogP contribution is 2.31. The molecule has 1 atom stereocenters. The first-order chi connectivity index (χ1) is 11.2. The number of aliphatic hydroxyl groups excluding tert-OH is 1. The SMILES string of the molecule is Cc1ccc(-c2ccc(CNCC3(CCO)CCOC3)o2)cc1. The molecule has 1 aromatic carbocycles. The van der Waals surface area contributed by atoms with Crippen LogP contribution in [0.1, 0.15) is 24.2 Å². The van der Waals surface area contributed by atoms with E-state index in [1.165, 1.54) is 5.56 Å². The van der Waals surface area contributed by atoms with Crippen LogP contribution in [0.25, 0.3) is 11.3 Å². The fraction of sp³-hybridized carbons (Fsp3) is 0.474. The van der Waals surface area contributed by atoms with Crippen LogP contribution in [0.15, 0.2) is 40.8 Å². The first-order valence-electron chi connectivity index (χ1n) is 8.26. The van der Waals surface area contributed by atoms with Gasteiger partial charge in [-0.15, -0.1) is 0 Å². The first-order valence-corrected chi connectivity index (χ1v) is 8.26. The van der Waals surface area contributed by atoms with E-state index in [4.69, 9.17) is 9.15 Å². The molecule has 2 heterocycles. The third-order valence-electron chi connectivity index (χ3n) is 4.62. The Balaban J connectivity index is 1.56. The van der Waals surface area contributed by atoms with E-state index in [-0.39, 0.29) is 12.0 Å². The maximum absolute atomic E-state index is 9.26. The van der Waals surface area contributed by atoms with Gasteiger partial charge < -0.3 is 19.6 Å². The Bertz CT molecular complexity index is 612. The third kappa shape index (κ3) is 4.02. The number of hydrogen-bond donors (Lipinski definition) is 2. The van der Waals surface area contributed by atoms with Gasteiger partial charge in [0, 0.05) is 30.7 Å². The van der Waals surface area contributed by atoms with Crippen LogP contribution in [0.3, 0.4) is 0 Å². The van der Waals surface area contributed by atoms with Crippen molar-refractivity contribution in [3.05, 3.63) is 47.7 Å². The van der Waals surface area contributed by atoms with Gasteiger partial charge in [0.05, 0.1) is 13.2 Å². The van der Waals surface area contributed by atoms with Gasteiger partial charge in [-0.2, -0.15) is 0 Å². The van der Waals surface area contributed by atoms with E-state index in [2.05, 4.69) is 36.5 Å². The van der Waals surface area contributed by atoms with Gasteiger partial charge in [-0.25, -0.2) is 0 Å². The molecule has 4 nitrogen and oxygen atoms in total. The third-order valence-corrected chi connectivity index (χ3v) is 4.62. The van der Waals surface area contributed by atoms with Crippen molar-refractivity contribution in [3.8, 4) is 11.3 Å². The predicted octanol–water partition coefficient (Wildman–Crippen LogP) is 3.13. The molecule has 3 rings (SSSR count). The van der Waals surface area contributed by atoms with Gasteiger partial charge in [0.25, 0.3) is 0 Å². The summed E-state index contributed by atoms with van der Waals surface area (Å²) in [6.07, 6.45) is 1.79. The van der Waals surface area contributed by atoms with Gasteiger partial charge in [0.1, 0.15) is 11.5 Å². The minimum Gasteiger partial charge on any atom is -0.460 e.